The zero-order valence-corrected chi connectivity index (χ0v) is 11.2. The average molecular weight is 270 g/mol. The van der Waals surface area contributed by atoms with E-state index in [1.807, 2.05) is 6.92 Å². The Balaban J connectivity index is 2.25. The van der Waals surface area contributed by atoms with E-state index in [1.165, 1.54) is 4.31 Å². The summed E-state index contributed by atoms with van der Waals surface area (Å²) in [6, 6.07) is 5.32. The van der Waals surface area contributed by atoms with Gasteiger partial charge < -0.3 is 10.5 Å². The SMILES string of the molecule is CCOc1ccc(N)cc1CN1CCCS1(=O)=O. The maximum absolute atomic E-state index is 11.8. The molecule has 2 rings (SSSR count). The quantitative estimate of drug-likeness (QED) is 0.834. The molecular weight excluding hydrogens is 252 g/mol. The fraction of sp³-hybridized carbons (Fsp3) is 0.500. The highest BCUT2D eigenvalue weighted by Crippen LogP contribution is 2.26. The molecule has 6 heteroatoms. The van der Waals surface area contributed by atoms with Crippen molar-refractivity contribution in [2.24, 2.45) is 0 Å². The summed E-state index contributed by atoms with van der Waals surface area (Å²) >= 11 is 0. The number of ether oxygens (including phenoxy) is 1. The first kappa shape index (κ1) is 13.2. The number of rotatable bonds is 4. The van der Waals surface area contributed by atoms with Crippen molar-refractivity contribution in [3.05, 3.63) is 23.8 Å². The molecule has 1 aromatic carbocycles. The molecule has 0 atom stereocenters. The van der Waals surface area contributed by atoms with Crippen LogP contribution in [0.2, 0.25) is 0 Å². The van der Waals surface area contributed by atoms with E-state index in [-0.39, 0.29) is 5.75 Å². The highest BCUT2D eigenvalue weighted by Gasteiger charge is 2.28. The van der Waals surface area contributed by atoms with Gasteiger partial charge in [-0.2, -0.15) is 4.31 Å². The number of nitrogens with zero attached hydrogens (tertiary/aromatic N) is 1. The van der Waals surface area contributed by atoms with Crippen molar-refractivity contribution >= 4 is 15.7 Å². The van der Waals surface area contributed by atoms with E-state index in [0.29, 0.717) is 37.6 Å². The molecule has 18 heavy (non-hydrogen) atoms. The van der Waals surface area contributed by atoms with Crippen LogP contribution in [0.25, 0.3) is 0 Å². The summed E-state index contributed by atoms with van der Waals surface area (Å²) in [5, 5.41) is 0. The van der Waals surface area contributed by atoms with Crippen molar-refractivity contribution in [1.29, 1.82) is 0 Å². The minimum atomic E-state index is -3.09. The van der Waals surface area contributed by atoms with Gasteiger partial charge in [0.05, 0.1) is 12.4 Å². The fourth-order valence-electron chi connectivity index (χ4n) is 2.08. The van der Waals surface area contributed by atoms with Crippen LogP contribution in [0.15, 0.2) is 18.2 Å². The van der Waals surface area contributed by atoms with Gasteiger partial charge in [-0.25, -0.2) is 8.42 Å². The summed E-state index contributed by atoms with van der Waals surface area (Å²) in [6.07, 6.45) is 0.689. The maximum Gasteiger partial charge on any atom is 0.214 e. The van der Waals surface area contributed by atoms with Crippen LogP contribution >= 0.6 is 0 Å². The number of nitrogens with two attached hydrogens (primary N) is 1. The smallest absolute Gasteiger partial charge is 0.214 e. The van der Waals surface area contributed by atoms with Gasteiger partial charge in [0.25, 0.3) is 0 Å². The molecule has 0 aliphatic carbocycles. The van der Waals surface area contributed by atoms with Crippen LogP contribution in [0.4, 0.5) is 5.69 Å². The Bertz CT molecular complexity index is 528. The lowest BCUT2D eigenvalue weighted by atomic mass is 10.1. The van der Waals surface area contributed by atoms with Crippen LogP contribution in [0, 0.1) is 0 Å². The van der Waals surface area contributed by atoms with Gasteiger partial charge in [0, 0.05) is 24.3 Å². The van der Waals surface area contributed by atoms with Crippen LogP contribution in [-0.2, 0) is 16.6 Å². The van der Waals surface area contributed by atoms with E-state index >= 15 is 0 Å². The molecule has 1 fully saturated rings. The molecule has 0 radical (unpaired) electrons. The lowest BCUT2D eigenvalue weighted by Gasteiger charge is -2.17. The second-order valence-corrected chi connectivity index (χ2v) is 6.39. The molecule has 1 aliphatic rings. The van der Waals surface area contributed by atoms with E-state index in [2.05, 4.69) is 0 Å². The van der Waals surface area contributed by atoms with Crippen molar-refractivity contribution in [2.75, 3.05) is 24.6 Å². The Hall–Kier alpha value is -1.27. The summed E-state index contributed by atoms with van der Waals surface area (Å²) in [4.78, 5) is 0. The third-order valence-electron chi connectivity index (χ3n) is 2.93. The lowest BCUT2D eigenvalue weighted by Crippen LogP contribution is -2.25. The zero-order chi connectivity index (χ0) is 13.2. The minimum absolute atomic E-state index is 0.235. The molecule has 2 N–H and O–H groups in total. The number of hydrogen-bond donors (Lipinski definition) is 1. The summed E-state index contributed by atoms with van der Waals surface area (Å²) in [7, 11) is -3.09. The van der Waals surface area contributed by atoms with Gasteiger partial charge in [0.15, 0.2) is 0 Å². The molecule has 0 spiro atoms. The van der Waals surface area contributed by atoms with E-state index in [4.69, 9.17) is 10.5 Å². The molecule has 1 aromatic rings. The number of nitrogen functional groups attached to an aromatic ring is 1. The Morgan fingerprint density at radius 2 is 2.22 bits per heavy atom. The Morgan fingerprint density at radius 3 is 2.83 bits per heavy atom. The Morgan fingerprint density at radius 1 is 1.44 bits per heavy atom. The number of hydrogen-bond acceptors (Lipinski definition) is 4. The van der Waals surface area contributed by atoms with Crippen molar-refractivity contribution in [3.63, 3.8) is 0 Å². The van der Waals surface area contributed by atoms with Gasteiger partial charge in [-0.05, 0) is 31.5 Å². The predicted molar refractivity (Wildman–Crippen MR) is 70.8 cm³/mol. The van der Waals surface area contributed by atoms with Crippen molar-refractivity contribution in [3.8, 4) is 5.75 Å². The summed E-state index contributed by atoms with van der Waals surface area (Å²) in [6.45, 7) is 3.35. The van der Waals surface area contributed by atoms with Gasteiger partial charge in [-0.3, -0.25) is 0 Å². The number of benzene rings is 1. The Labute approximate surface area is 108 Å². The van der Waals surface area contributed by atoms with Crippen LogP contribution in [0.1, 0.15) is 18.9 Å². The summed E-state index contributed by atoms with van der Waals surface area (Å²) < 4.78 is 30.5. The molecular formula is C12H18N2O3S. The van der Waals surface area contributed by atoms with Crippen LogP contribution in [-0.4, -0.2) is 31.6 Å². The predicted octanol–water partition coefficient (Wildman–Crippen LogP) is 1.20. The second kappa shape index (κ2) is 5.16. The second-order valence-electron chi connectivity index (χ2n) is 4.30. The molecule has 1 heterocycles. The maximum atomic E-state index is 11.8. The van der Waals surface area contributed by atoms with E-state index in [1.54, 1.807) is 18.2 Å². The number of sulfonamides is 1. The molecule has 100 valence electrons. The molecule has 1 aliphatic heterocycles. The van der Waals surface area contributed by atoms with Gasteiger partial charge in [-0.1, -0.05) is 0 Å². The third kappa shape index (κ3) is 2.76. The first-order chi connectivity index (χ1) is 8.53. The third-order valence-corrected chi connectivity index (χ3v) is 4.84. The molecule has 0 aromatic heterocycles. The van der Waals surface area contributed by atoms with Crippen molar-refractivity contribution < 1.29 is 13.2 Å². The molecule has 0 bridgehead atoms. The van der Waals surface area contributed by atoms with Crippen LogP contribution in [0.3, 0.4) is 0 Å². The molecule has 5 nitrogen and oxygen atoms in total. The van der Waals surface area contributed by atoms with E-state index < -0.39 is 10.0 Å². The highest BCUT2D eigenvalue weighted by atomic mass is 32.2. The molecule has 1 saturated heterocycles. The van der Waals surface area contributed by atoms with Gasteiger partial charge in [0.2, 0.25) is 10.0 Å². The highest BCUT2D eigenvalue weighted by molar-refractivity contribution is 7.89. The summed E-state index contributed by atoms with van der Waals surface area (Å²) in [5.41, 5.74) is 7.18. The standard InChI is InChI=1S/C12H18N2O3S/c1-2-17-12-5-4-11(13)8-10(12)9-14-6-3-7-18(14,15)16/h4-5,8H,2-3,6-7,9,13H2,1H3. The summed E-state index contributed by atoms with van der Waals surface area (Å²) in [5.74, 6) is 0.938. The molecule has 0 saturated carbocycles. The largest absolute Gasteiger partial charge is 0.494 e. The van der Waals surface area contributed by atoms with Crippen molar-refractivity contribution in [2.45, 2.75) is 19.9 Å². The minimum Gasteiger partial charge on any atom is -0.494 e. The fourth-order valence-corrected chi connectivity index (χ4v) is 3.57. The topological polar surface area (TPSA) is 72.6 Å². The first-order valence-electron chi connectivity index (χ1n) is 6.02. The molecule has 0 amide bonds. The van der Waals surface area contributed by atoms with E-state index in [9.17, 15) is 8.42 Å². The monoisotopic (exact) mass is 270 g/mol. The van der Waals surface area contributed by atoms with Crippen molar-refractivity contribution in [1.82, 2.24) is 4.31 Å². The van der Waals surface area contributed by atoms with Crippen LogP contribution < -0.4 is 10.5 Å². The average Bonchev–Trinajstić information content (AvgIpc) is 2.62. The first-order valence-corrected chi connectivity index (χ1v) is 7.63. The number of anilines is 1. The van der Waals surface area contributed by atoms with Crippen LogP contribution in [0.5, 0.6) is 5.75 Å². The van der Waals surface area contributed by atoms with E-state index in [0.717, 1.165) is 5.56 Å². The van der Waals surface area contributed by atoms with Gasteiger partial charge in [-0.15, -0.1) is 0 Å². The zero-order valence-electron chi connectivity index (χ0n) is 10.4. The normalized spacial score (nSPS) is 18.9. The molecule has 0 unspecified atom stereocenters. The Kier molecular flexibility index (Phi) is 3.77. The lowest BCUT2D eigenvalue weighted by molar-refractivity contribution is 0.330. The van der Waals surface area contributed by atoms with Gasteiger partial charge >= 0.3 is 0 Å². The van der Waals surface area contributed by atoms with Gasteiger partial charge in [0.1, 0.15) is 5.75 Å².